The fraction of sp³-hybridized carbons (Fsp3) is 0. The minimum atomic E-state index is 0.244. The second kappa shape index (κ2) is 2.51. The van der Waals surface area contributed by atoms with Gasteiger partial charge in [-0.15, -0.1) is 0 Å². The molecule has 2 aromatic rings. The zero-order chi connectivity index (χ0) is 9.54. The summed E-state index contributed by atoms with van der Waals surface area (Å²) < 4.78 is 5.08. The van der Waals surface area contributed by atoms with Crippen LogP contribution in [0, 0.1) is 0 Å². The number of hydrogen-bond acceptors (Lipinski definition) is 2. The number of rotatable bonds is 1. The minimum Gasteiger partial charge on any atom is -0.504 e. The quantitative estimate of drug-likeness (QED) is 0.589. The lowest BCUT2D eigenvalue weighted by molar-refractivity contribution is 0.465. The summed E-state index contributed by atoms with van der Waals surface area (Å²) in [4.78, 5) is 0. The summed E-state index contributed by atoms with van der Waals surface area (Å²) in [6.07, 6.45) is 0. The zero-order valence-corrected chi connectivity index (χ0v) is 7.40. The molecule has 68 valence electrons. The largest absolute Gasteiger partial charge is 0.504 e. The van der Waals surface area contributed by atoms with Crippen molar-refractivity contribution in [1.82, 2.24) is 0 Å². The fourth-order valence-corrected chi connectivity index (χ4v) is 1.57. The van der Waals surface area contributed by atoms with Gasteiger partial charge < -0.3 is 9.84 Å². The van der Waals surface area contributed by atoms with E-state index in [0.29, 0.717) is 5.75 Å². The predicted molar refractivity (Wildman–Crippen MR) is 53.6 cm³/mol. The van der Waals surface area contributed by atoms with E-state index in [4.69, 9.17) is 4.74 Å². The van der Waals surface area contributed by atoms with Crippen LogP contribution in [0.1, 0.15) is 0 Å². The van der Waals surface area contributed by atoms with Crippen LogP contribution in [0.4, 0.5) is 0 Å². The number of ether oxygens (including phenoxy) is 1. The smallest absolute Gasteiger partial charge is 0.212 e. The van der Waals surface area contributed by atoms with Gasteiger partial charge in [-0.1, -0.05) is 30.3 Å². The summed E-state index contributed by atoms with van der Waals surface area (Å²) in [5.41, 5.74) is 1.82. The molecule has 0 fully saturated rings. The average Bonchev–Trinajstić information content (AvgIpc) is 3.00. The van der Waals surface area contributed by atoms with Crippen molar-refractivity contribution in [3.8, 4) is 28.4 Å². The highest BCUT2D eigenvalue weighted by Gasteiger charge is 2.27. The Kier molecular flexibility index (Phi) is 1.34. The summed E-state index contributed by atoms with van der Waals surface area (Å²) in [5, 5.41) is 9.78. The first-order valence-electron chi connectivity index (χ1n) is 4.45. The Morgan fingerprint density at radius 3 is 2.50 bits per heavy atom. The molecule has 1 aliphatic heterocycles. The van der Waals surface area contributed by atoms with E-state index in [-0.39, 0.29) is 5.75 Å². The molecule has 1 heterocycles. The highest BCUT2D eigenvalue weighted by molar-refractivity contribution is 5.79. The Labute approximate surface area is 81.4 Å². The van der Waals surface area contributed by atoms with Crippen LogP contribution in [0.25, 0.3) is 11.1 Å². The van der Waals surface area contributed by atoms with Crippen LogP contribution in [0.15, 0.2) is 42.5 Å². The number of benzene rings is 2. The van der Waals surface area contributed by atoms with Gasteiger partial charge >= 0.3 is 0 Å². The molecule has 1 aliphatic rings. The lowest BCUT2D eigenvalue weighted by atomic mass is 10.1. The normalized spacial score (nSPS) is 11.7. The topological polar surface area (TPSA) is 32.8 Å². The fourth-order valence-electron chi connectivity index (χ4n) is 1.57. The van der Waals surface area contributed by atoms with Gasteiger partial charge in [0.2, 0.25) is 5.75 Å². The maximum absolute atomic E-state index is 9.78. The third kappa shape index (κ3) is 0.973. The molecular formula is C12H8O2. The van der Waals surface area contributed by atoms with E-state index in [1.807, 2.05) is 42.5 Å². The van der Waals surface area contributed by atoms with Gasteiger partial charge in [0.15, 0.2) is 11.5 Å². The second-order valence-electron chi connectivity index (χ2n) is 3.26. The minimum absolute atomic E-state index is 0.244. The molecule has 0 spiro atoms. The molecule has 0 unspecified atom stereocenters. The van der Waals surface area contributed by atoms with Gasteiger partial charge in [-0.2, -0.15) is 0 Å². The molecule has 0 aliphatic carbocycles. The number of aromatic hydroxyl groups is 1. The van der Waals surface area contributed by atoms with Gasteiger partial charge in [-0.25, -0.2) is 0 Å². The summed E-state index contributed by atoms with van der Waals surface area (Å²) in [6.45, 7) is 0. The lowest BCUT2D eigenvalue weighted by Gasteiger charge is -2.00. The maximum atomic E-state index is 9.78. The monoisotopic (exact) mass is 184 g/mol. The van der Waals surface area contributed by atoms with E-state index >= 15 is 0 Å². The number of hydrogen-bond donors (Lipinski definition) is 1. The zero-order valence-electron chi connectivity index (χ0n) is 7.40. The second-order valence-corrected chi connectivity index (χ2v) is 3.26. The van der Waals surface area contributed by atoms with Gasteiger partial charge in [0.1, 0.15) is 0 Å². The first kappa shape index (κ1) is 7.44. The molecule has 2 nitrogen and oxygen atoms in total. The molecule has 0 atom stereocenters. The third-order valence-corrected chi connectivity index (χ3v) is 2.35. The van der Waals surface area contributed by atoms with Gasteiger partial charge in [-0.3, -0.25) is 0 Å². The third-order valence-electron chi connectivity index (χ3n) is 2.35. The highest BCUT2D eigenvalue weighted by atomic mass is 16.6. The Bertz CT molecular complexity index is 489. The number of fused-ring (bicyclic) bond motifs is 1. The van der Waals surface area contributed by atoms with Crippen molar-refractivity contribution in [2.75, 3.05) is 0 Å². The number of phenols is 1. The predicted octanol–water partition coefficient (Wildman–Crippen LogP) is 3.16. The van der Waals surface area contributed by atoms with Crippen molar-refractivity contribution >= 4 is 0 Å². The molecule has 0 saturated heterocycles. The molecule has 1 N–H and O–H groups in total. The van der Waals surface area contributed by atoms with Crippen molar-refractivity contribution in [1.29, 1.82) is 0 Å². The summed E-state index contributed by atoms with van der Waals surface area (Å²) in [7, 11) is 0. The van der Waals surface area contributed by atoms with Gasteiger partial charge in [0.25, 0.3) is 0 Å². The molecule has 0 amide bonds. The van der Waals surface area contributed by atoms with E-state index in [9.17, 15) is 5.11 Å². The van der Waals surface area contributed by atoms with Crippen LogP contribution in [-0.4, -0.2) is 5.11 Å². The lowest BCUT2D eigenvalue weighted by Crippen LogP contribution is -1.74. The standard InChI is InChI=1S/C12H8O2/c13-11-9(6-7-10-12(11)14-10)8-4-2-1-3-5-8/h1-7,13H. The molecule has 2 aromatic carbocycles. The van der Waals surface area contributed by atoms with Gasteiger partial charge in [0, 0.05) is 5.56 Å². The Morgan fingerprint density at radius 1 is 0.929 bits per heavy atom. The molecule has 0 bridgehead atoms. The van der Waals surface area contributed by atoms with Crippen LogP contribution < -0.4 is 4.74 Å². The molecule has 14 heavy (non-hydrogen) atoms. The van der Waals surface area contributed by atoms with Crippen molar-refractivity contribution in [2.24, 2.45) is 0 Å². The van der Waals surface area contributed by atoms with Crippen molar-refractivity contribution in [2.45, 2.75) is 0 Å². The van der Waals surface area contributed by atoms with Crippen molar-refractivity contribution < 1.29 is 9.84 Å². The molecule has 3 rings (SSSR count). The Morgan fingerprint density at radius 2 is 1.71 bits per heavy atom. The molecule has 2 heteroatoms. The van der Waals surface area contributed by atoms with Gasteiger partial charge in [0.05, 0.1) is 0 Å². The number of phenolic OH excluding ortho intramolecular Hbond substituents is 1. The molecular weight excluding hydrogens is 176 g/mol. The van der Waals surface area contributed by atoms with E-state index in [2.05, 4.69) is 0 Å². The van der Waals surface area contributed by atoms with E-state index in [1.165, 1.54) is 0 Å². The van der Waals surface area contributed by atoms with Crippen LogP contribution in [0.2, 0.25) is 0 Å². The molecule has 0 radical (unpaired) electrons. The van der Waals surface area contributed by atoms with Crippen LogP contribution >= 0.6 is 0 Å². The van der Waals surface area contributed by atoms with Crippen molar-refractivity contribution in [3.63, 3.8) is 0 Å². The van der Waals surface area contributed by atoms with E-state index in [1.54, 1.807) is 0 Å². The molecule has 0 saturated carbocycles. The molecule has 0 aromatic heterocycles. The summed E-state index contributed by atoms with van der Waals surface area (Å²) >= 11 is 0. The average molecular weight is 184 g/mol. The highest BCUT2D eigenvalue weighted by Crippen LogP contribution is 2.55. The first-order valence-corrected chi connectivity index (χ1v) is 4.45. The van der Waals surface area contributed by atoms with Crippen LogP contribution in [-0.2, 0) is 0 Å². The van der Waals surface area contributed by atoms with Crippen LogP contribution in [0.5, 0.6) is 17.2 Å². The van der Waals surface area contributed by atoms with E-state index in [0.717, 1.165) is 16.9 Å². The van der Waals surface area contributed by atoms with E-state index < -0.39 is 0 Å². The Balaban J connectivity index is 2.19. The van der Waals surface area contributed by atoms with Gasteiger partial charge in [-0.05, 0) is 17.7 Å². The Hall–Kier alpha value is -1.96. The summed E-state index contributed by atoms with van der Waals surface area (Å²) in [5.74, 6) is 1.64. The summed E-state index contributed by atoms with van der Waals surface area (Å²) in [6, 6.07) is 13.5. The van der Waals surface area contributed by atoms with Crippen LogP contribution in [0.3, 0.4) is 0 Å². The van der Waals surface area contributed by atoms with Crippen molar-refractivity contribution in [3.05, 3.63) is 42.5 Å². The maximum Gasteiger partial charge on any atom is 0.212 e. The first-order chi connectivity index (χ1) is 6.86. The SMILES string of the molecule is Oc1c(-c2ccccc2)ccc2c1O2.